The fourth-order valence-corrected chi connectivity index (χ4v) is 4.43. The molecule has 1 aromatic rings. The third-order valence-corrected chi connectivity index (χ3v) is 6.11. The molecule has 2 heterocycles. The van der Waals surface area contributed by atoms with Crippen molar-refractivity contribution >= 4 is 18.0 Å². The highest BCUT2D eigenvalue weighted by Crippen LogP contribution is 2.32. The predicted molar refractivity (Wildman–Crippen MR) is 135 cm³/mol. The summed E-state index contributed by atoms with van der Waals surface area (Å²) in [4.78, 5) is 44.3. The van der Waals surface area contributed by atoms with Crippen molar-refractivity contribution in [2.24, 2.45) is 0 Å². The number of hydrogen-bond donors (Lipinski definition) is 2. The summed E-state index contributed by atoms with van der Waals surface area (Å²) in [6.45, 7) is 12.4. The van der Waals surface area contributed by atoms with Gasteiger partial charge in [0.25, 0.3) is 0 Å². The Bertz CT molecular complexity index is 995. The van der Waals surface area contributed by atoms with Crippen molar-refractivity contribution in [2.75, 3.05) is 45.9 Å². The molecule has 0 saturated carbocycles. The van der Waals surface area contributed by atoms with Crippen molar-refractivity contribution in [2.45, 2.75) is 39.3 Å². The SMILES string of the molecule is C=CCN1C(=O)NC(c2ccc(F)cc2)C(C(=O)OCC)=C1CN1CCCN(C(=O)NC(C)C)CC1. The maximum absolute atomic E-state index is 13.6. The fourth-order valence-electron chi connectivity index (χ4n) is 4.43. The number of carbonyl (C=O) groups is 3. The average molecular weight is 502 g/mol. The lowest BCUT2D eigenvalue weighted by atomic mass is 9.94. The Morgan fingerprint density at radius 3 is 2.58 bits per heavy atom. The first-order valence-electron chi connectivity index (χ1n) is 12.4. The summed E-state index contributed by atoms with van der Waals surface area (Å²) in [5.41, 5.74) is 1.41. The molecule has 0 aromatic heterocycles. The number of carbonyl (C=O) groups excluding carboxylic acids is 3. The van der Waals surface area contributed by atoms with Crippen LogP contribution in [0.4, 0.5) is 14.0 Å². The highest BCUT2D eigenvalue weighted by Gasteiger charge is 2.38. The summed E-state index contributed by atoms with van der Waals surface area (Å²) in [6.07, 6.45) is 2.35. The Labute approximate surface area is 211 Å². The van der Waals surface area contributed by atoms with Crippen LogP contribution in [0.25, 0.3) is 0 Å². The molecule has 9 nitrogen and oxygen atoms in total. The van der Waals surface area contributed by atoms with Gasteiger partial charge in [-0.1, -0.05) is 18.2 Å². The molecule has 0 aliphatic carbocycles. The van der Waals surface area contributed by atoms with Crippen LogP contribution >= 0.6 is 0 Å². The third kappa shape index (κ3) is 6.63. The molecule has 36 heavy (non-hydrogen) atoms. The molecule has 0 radical (unpaired) electrons. The first kappa shape index (κ1) is 27.2. The number of rotatable bonds is 8. The minimum atomic E-state index is -0.784. The van der Waals surface area contributed by atoms with Crippen LogP contribution in [0.5, 0.6) is 0 Å². The quantitative estimate of drug-likeness (QED) is 0.422. The molecule has 196 valence electrons. The van der Waals surface area contributed by atoms with E-state index in [2.05, 4.69) is 22.1 Å². The van der Waals surface area contributed by atoms with E-state index in [1.807, 2.05) is 13.8 Å². The van der Waals surface area contributed by atoms with Crippen molar-refractivity contribution in [1.82, 2.24) is 25.3 Å². The maximum Gasteiger partial charge on any atom is 0.338 e. The zero-order valence-corrected chi connectivity index (χ0v) is 21.3. The van der Waals surface area contributed by atoms with Crippen LogP contribution in [-0.2, 0) is 9.53 Å². The van der Waals surface area contributed by atoms with E-state index in [9.17, 15) is 18.8 Å². The number of ether oxygens (including phenoxy) is 1. The van der Waals surface area contributed by atoms with Gasteiger partial charge in [-0.25, -0.2) is 18.8 Å². The maximum atomic E-state index is 13.6. The molecule has 1 atom stereocenters. The van der Waals surface area contributed by atoms with Crippen molar-refractivity contribution in [1.29, 1.82) is 0 Å². The molecule has 1 aromatic carbocycles. The van der Waals surface area contributed by atoms with Crippen LogP contribution in [-0.4, -0.2) is 84.6 Å². The summed E-state index contributed by atoms with van der Waals surface area (Å²) in [5, 5.41) is 5.80. The van der Waals surface area contributed by atoms with Crippen LogP contribution < -0.4 is 10.6 Å². The standard InChI is InChI=1S/C26H36FN5O4/c1-5-12-32-21(17-30-13-7-14-31(16-15-30)25(34)28-18(3)4)22(24(33)36-6-2)23(29-26(32)35)19-8-10-20(27)11-9-19/h5,8-11,18,23H,1,6-7,12-17H2,2-4H3,(H,28,34)(H,29,35). The second-order valence-electron chi connectivity index (χ2n) is 9.14. The van der Waals surface area contributed by atoms with Crippen molar-refractivity contribution in [3.8, 4) is 0 Å². The van der Waals surface area contributed by atoms with E-state index in [0.29, 0.717) is 49.6 Å². The first-order valence-corrected chi connectivity index (χ1v) is 12.4. The second-order valence-corrected chi connectivity index (χ2v) is 9.14. The van der Waals surface area contributed by atoms with E-state index in [4.69, 9.17) is 4.74 Å². The molecule has 0 bridgehead atoms. The number of esters is 1. The van der Waals surface area contributed by atoms with Crippen molar-refractivity contribution in [3.05, 3.63) is 59.6 Å². The molecule has 4 amide bonds. The zero-order chi connectivity index (χ0) is 26.2. The summed E-state index contributed by atoms with van der Waals surface area (Å²) in [7, 11) is 0. The molecule has 2 aliphatic rings. The van der Waals surface area contributed by atoms with Gasteiger partial charge in [-0.2, -0.15) is 0 Å². The van der Waals surface area contributed by atoms with Gasteiger partial charge in [-0.05, 0) is 44.9 Å². The number of nitrogens with one attached hydrogen (secondary N) is 2. The van der Waals surface area contributed by atoms with E-state index in [1.54, 1.807) is 30.0 Å². The molecule has 0 spiro atoms. The number of nitrogens with zero attached hydrogens (tertiary/aromatic N) is 3. The monoisotopic (exact) mass is 501 g/mol. The lowest BCUT2D eigenvalue weighted by Gasteiger charge is -2.38. The van der Waals surface area contributed by atoms with E-state index in [-0.39, 0.29) is 31.3 Å². The Kier molecular flexibility index (Phi) is 9.46. The third-order valence-electron chi connectivity index (χ3n) is 6.11. The molecule has 3 rings (SSSR count). The minimum Gasteiger partial charge on any atom is -0.463 e. The van der Waals surface area contributed by atoms with E-state index >= 15 is 0 Å². The second kappa shape index (κ2) is 12.5. The molecule has 2 aliphatic heterocycles. The van der Waals surface area contributed by atoms with Crippen molar-refractivity contribution in [3.63, 3.8) is 0 Å². The van der Waals surface area contributed by atoms with Crippen LogP contribution in [0.15, 0.2) is 48.2 Å². The molecule has 1 saturated heterocycles. The largest absolute Gasteiger partial charge is 0.463 e. The smallest absolute Gasteiger partial charge is 0.338 e. The van der Waals surface area contributed by atoms with Gasteiger partial charge >= 0.3 is 18.0 Å². The number of hydrogen-bond acceptors (Lipinski definition) is 5. The molecular formula is C26H36FN5O4. The van der Waals surface area contributed by atoms with Gasteiger partial charge in [0, 0.05) is 51.0 Å². The van der Waals surface area contributed by atoms with Gasteiger partial charge in [-0.15, -0.1) is 6.58 Å². The summed E-state index contributed by atoms with van der Waals surface area (Å²) in [5.74, 6) is -0.949. The molecule has 10 heteroatoms. The van der Waals surface area contributed by atoms with Gasteiger partial charge in [0.15, 0.2) is 0 Å². The highest BCUT2D eigenvalue weighted by atomic mass is 19.1. The zero-order valence-electron chi connectivity index (χ0n) is 21.3. The molecule has 2 N–H and O–H groups in total. The Morgan fingerprint density at radius 1 is 1.22 bits per heavy atom. The Hall–Kier alpha value is -3.40. The fraction of sp³-hybridized carbons (Fsp3) is 0.500. The van der Waals surface area contributed by atoms with Crippen LogP contribution in [0.2, 0.25) is 0 Å². The number of amides is 4. The van der Waals surface area contributed by atoms with Gasteiger partial charge in [0.05, 0.1) is 18.2 Å². The van der Waals surface area contributed by atoms with E-state index < -0.39 is 17.8 Å². The molecule has 1 unspecified atom stereocenters. The summed E-state index contributed by atoms with van der Waals surface area (Å²) >= 11 is 0. The Balaban J connectivity index is 1.95. The van der Waals surface area contributed by atoms with Crippen LogP contribution in [0, 0.1) is 5.82 Å². The van der Waals surface area contributed by atoms with Crippen molar-refractivity contribution < 1.29 is 23.5 Å². The average Bonchev–Trinajstić information content (AvgIpc) is 3.07. The van der Waals surface area contributed by atoms with Gasteiger partial charge in [0.2, 0.25) is 0 Å². The Morgan fingerprint density at radius 2 is 1.94 bits per heavy atom. The van der Waals surface area contributed by atoms with Gasteiger partial charge in [0.1, 0.15) is 5.82 Å². The minimum absolute atomic E-state index is 0.0470. The lowest BCUT2D eigenvalue weighted by molar-refractivity contribution is -0.139. The van der Waals surface area contributed by atoms with Gasteiger partial charge in [-0.3, -0.25) is 9.80 Å². The van der Waals surface area contributed by atoms with Crippen LogP contribution in [0.1, 0.15) is 38.8 Å². The summed E-state index contributed by atoms with van der Waals surface area (Å²) < 4.78 is 19.0. The number of halogens is 1. The van der Waals surface area contributed by atoms with Gasteiger partial charge < -0.3 is 20.3 Å². The number of urea groups is 2. The predicted octanol–water partition coefficient (Wildman–Crippen LogP) is 3.02. The molecule has 1 fully saturated rings. The number of benzene rings is 1. The highest BCUT2D eigenvalue weighted by molar-refractivity contribution is 5.95. The lowest BCUT2D eigenvalue weighted by Crippen LogP contribution is -2.51. The summed E-state index contributed by atoms with van der Waals surface area (Å²) in [6, 6.07) is 4.49. The van der Waals surface area contributed by atoms with Crippen LogP contribution in [0.3, 0.4) is 0 Å². The normalized spacial score (nSPS) is 19.1. The first-order chi connectivity index (χ1) is 17.2. The van der Waals surface area contributed by atoms with E-state index in [1.165, 1.54) is 17.0 Å². The molecular weight excluding hydrogens is 465 g/mol. The van der Waals surface area contributed by atoms with E-state index in [0.717, 1.165) is 6.42 Å². The topological polar surface area (TPSA) is 94.2 Å².